The van der Waals surface area contributed by atoms with Crippen molar-refractivity contribution in [2.24, 2.45) is 0 Å². The Hall–Kier alpha value is -1.94. The number of carbonyl (C=O) groups excluding carboxylic acids is 2. The molecule has 1 unspecified atom stereocenters. The number of alkyl halides is 3. The zero-order valence-corrected chi connectivity index (χ0v) is 11.0. The molecule has 0 radical (unpaired) electrons. The van der Waals surface area contributed by atoms with Crippen LogP contribution in [0.1, 0.15) is 12.0 Å². The number of benzene rings is 1. The fourth-order valence-electron chi connectivity index (χ4n) is 1.63. The lowest BCUT2D eigenvalue weighted by molar-refractivity contribution is -0.137. The first-order valence-corrected chi connectivity index (χ1v) is 6.95. The van der Waals surface area contributed by atoms with E-state index >= 15 is 0 Å². The summed E-state index contributed by atoms with van der Waals surface area (Å²) in [7, 11) is -4.44. The Morgan fingerprint density at radius 1 is 1.14 bits per heavy atom. The molecule has 1 heterocycles. The first kappa shape index (κ1) is 15.4. The van der Waals surface area contributed by atoms with Crippen molar-refractivity contribution < 1.29 is 35.4 Å². The molecule has 0 spiro atoms. The van der Waals surface area contributed by atoms with Gasteiger partial charge >= 0.3 is 6.18 Å². The van der Waals surface area contributed by atoms with Gasteiger partial charge in [-0.3, -0.25) is 19.1 Å². The molecule has 0 bridgehead atoms. The lowest BCUT2D eigenvalue weighted by Crippen LogP contribution is -2.28. The SMILES string of the molecule is O=C1CC(OS(=O)(=O)c2ccc(C(F)(F)F)cc2)C(=O)N1. The summed E-state index contributed by atoms with van der Waals surface area (Å²) >= 11 is 0. The van der Waals surface area contributed by atoms with Gasteiger partial charge in [0.15, 0.2) is 6.10 Å². The average molecular weight is 323 g/mol. The van der Waals surface area contributed by atoms with Crippen molar-refractivity contribution in [3.8, 4) is 0 Å². The lowest BCUT2D eigenvalue weighted by atomic mass is 10.2. The van der Waals surface area contributed by atoms with Gasteiger partial charge in [0.05, 0.1) is 16.9 Å². The normalized spacial score (nSPS) is 19.7. The van der Waals surface area contributed by atoms with Crippen LogP contribution in [0, 0.1) is 0 Å². The molecular weight excluding hydrogens is 315 g/mol. The summed E-state index contributed by atoms with van der Waals surface area (Å²) in [4.78, 5) is 21.6. The molecule has 2 amide bonds. The van der Waals surface area contributed by atoms with Crippen molar-refractivity contribution in [1.82, 2.24) is 5.32 Å². The highest BCUT2D eigenvalue weighted by molar-refractivity contribution is 7.86. The molecular formula is C11H8F3NO5S. The monoisotopic (exact) mass is 323 g/mol. The van der Waals surface area contributed by atoms with E-state index in [1.807, 2.05) is 5.32 Å². The van der Waals surface area contributed by atoms with Crippen LogP contribution in [-0.4, -0.2) is 26.3 Å². The molecule has 1 aliphatic rings. The third-order valence-electron chi connectivity index (χ3n) is 2.64. The van der Waals surface area contributed by atoms with E-state index in [0.29, 0.717) is 24.3 Å². The Labute approximate surface area is 117 Å². The summed E-state index contributed by atoms with van der Waals surface area (Å²) in [6, 6.07) is 2.59. The lowest BCUT2D eigenvalue weighted by Gasteiger charge is -2.10. The summed E-state index contributed by atoms with van der Waals surface area (Å²) in [5.41, 5.74) is -1.02. The quantitative estimate of drug-likeness (QED) is 0.657. The van der Waals surface area contributed by atoms with Crippen LogP contribution in [0.15, 0.2) is 29.2 Å². The van der Waals surface area contributed by atoms with E-state index in [0.717, 1.165) is 0 Å². The van der Waals surface area contributed by atoms with Crippen LogP contribution in [0.5, 0.6) is 0 Å². The summed E-state index contributed by atoms with van der Waals surface area (Å²) in [6.45, 7) is 0. The maximum Gasteiger partial charge on any atom is 0.416 e. The van der Waals surface area contributed by atoms with Crippen molar-refractivity contribution in [2.45, 2.75) is 23.6 Å². The second kappa shape index (κ2) is 5.11. The van der Waals surface area contributed by atoms with Gasteiger partial charge in [0.25, 0.3) is 16.0 Å². The van der Waals surface area contributed by atoms with E-state index < -0.39 is 51.1 Å². The summed E-state index contributed by atoms with van der Waals surface area (Å²) in [5.74, 6) is -1.59. The fraction of sp³-hybridized carbons (Fsp3) is 0.273. The highest BCUT2D eigenvalue weighted by atomic mass is 32.2. The molecule has 21 heavy (non-hydrogen) atoms. The molecule has 0 saturated carbocycles. The number of hydrogen-bond donors (Lipinski definition) is 1. The van der Waals surface area contributed by atoms with E-state index in [4.69, 9.17) is 0 Å². The molecule has 1 saturated heterocycles. The average Bonchev–Trinajstić information content (AvgIpc) is 2.66. The Morgan fingerprint density at radius 3 is 2.14 bits per heavy atom. The van der Waals surface area contributed by atoms with E-state index in [1.165, 1.54) is 0 Å². The predicted molar refractivity (Wildman–Crippen MR) is 61.3 cm³/mol. The maximum atomic E-state index is 12.4. The molecule has 10 heteroatoms. The predicted octanol–water partition coefficient (Wildman–Crippen LogP) is 0.826. The van der Waals surface area contributed by atoms with Crippen LogP contribution in [0.3, 0.4) is 0 Å². The van der Waals surface area contributed by atoms with Gasteiger partial charge in [-0.25, -0.2) is 0 Å². The highest BCUT2D eigenvalue weighted by Gasteiger charge is 2.36. The number of imide groups is 1. The molecule has 0 aliphatic carbocycles. The van der Waals surface area contributed by atoms with Crippen molar-refractivity contribution >= 4 is 21.9 Å². The van der Waals surface area contributed by atoms with Gasteiger partial charge in [0.1, 0.15) is 0 Å². The van der Waals surface area contributed by atoms with E-state index in [-0.39, 0.29) is 0 Å². The van der Waals surface area contributed by atoms with Crippen molar-refractivity contribution in [3.63, 3.8) is 0 Å². The first-order valence-electron chi connectivity index (χ1n) is 5.54. The molecule has 1 fully saturated rings. The molecule has 1 aromatic carbocycles. The largest absolute Gasteiger partial charge is 0.416 e. The number of rotatable bonds is 3. The van der Waals surface area contributed by atoms with Gasteiger partial charge in [-0.15, -0.1) is 0 Å². The van der Waals surface area contributed by atoms with Crippen molar-refractivity contribution in [1.29, 1.82) is 0 Å². The topological polar surface area (TPSA) is 89.5 Å². The smallest absolute Gasteiger partial charge is 0.294 e. The van der Waals surface area contributed by atoms with E-state index in [9.17, 15) is 31.2 Å². The number of nitrogens with one attached hydrogen (secondary N) is 1. The molecule has 6 nitrogen and oxygen atoms in total. The summed E-state index contributed by atoms with van der Waals surface area (Å²) in [6.07, 6.45) is -6.57. The highest BCUT2D eigenvalue weighted by Crippen LogP contribution is 2.30. The second-order valence-corrected chi connectivity index (χ2v) is 5.75. The van der Waals surface area contributed by atoms with Gasteiger partial charge in [0.2, 0.25) is 5.91 Å². The Bertz CT molecular complexity index is 681. The van der Waals surface area contributed by atoms with Crippen LogP contribution in [0.2, 0.25) is 0 Å². The zero-order valence-electron chi connectivity index (χ0n) is 10.2. The number of hydrogen-bond acceptors (Lipinski definition) is 5. The minimum absolute atomic E-state index is 0.460. The second-order valence-electron chi connectivity index (χ2n) is 4.18. The van der Waals surface area contributed by atoms with E-state index in [1.54, 1.807) is 0 Å². The Morgan fingerprint density at radius 2 is 1.71 bits per heavy atom. The zero-order chi connectivity index (χ0) is 15.8. The minimum atomic E-state index is -4.60. The van der Waals surface area contributed by atoms with Gasteiger partial charge in [-0.05, 0) is 24.3 Å². The molecule has 1 atom stereocenters. The molecule has 114 valence electrons. The van der Waals surface area contributed by atoms with Crippen LogP contribution in [-0.2, 0) is 30.1 Å². The van der Waals surface area contributed by atoms with Crippen LogP contribution >= 0.6 is 0 Å². The molecule has 1 N–H and O–H groups in total. The molecule has 0 aromatic heterocycles. The maximum absolute atomic E-state index is 12.4. The minimum Gasteiger partial charge on any atom is -0.294 e. The third kappa shape index (κ3) is 3.39. The fourth-order valence-corrected chi connectivity index (χ4v) is 2.67. The number of carbonyl (C=O) groups is 2. The molecule has 1 aliphatic heterocycles. The molecule has 2 rings (SSSR count). The van der Waals surface area contributed by atoms with Gasteiger partial charge in [-0.1, -0.05) is 0 Å². The summed E-state index contributed by atoms with van der Waals surface area (Å²) < 4.78 is 65.3. The Balaban J connectivity index is 2.20. The molecule has 1 aromatic rings. The van der Waals surface area contributed by atoms with Crippen LogP contribution in [0.4, 0.5) is 13.2 Å². The standard InChI is InChI=1S/C11H8F3NO5S/c12-11(13,14)6-1-3-7(4-2-6)21(18,19)20-8-5-9(16)15-10(8)17/h1-4,8H,5H2,(H,15,16,17). The van der Waals surface area contributed by atoms with Crippen LogP contribution in [0.25, 0.3) is 0 Å². The van der Waals surface area contributed by atoms with Crippen molar-refractivity contribution in [2.75, 3.05) is 0 Å². The van der Waals surface area contributed by atoms with Gasteiger partial charge < -0.3 is 0 Å². The number of halogens is 3. The third-order valence-corrected chi connectivity index (χ3v) is 3.97. The van der Waals surface area contributed by atoms with Gasteiger partial charge in [-0.2, -0.15) is 21.6 Å². The Kier molecular flexibility index (Phi) is 3.76. The van der Waals surface area contributed by atoms with Gasteiger partial charge in [0, 0.05) is 0 Å². The first-order chi connectivity index (χ1) is 9.59. The van der Waals surface area contributed by atoms with Crippen molar-refractivity contribution in [3.05, 3.63) is 29.8 Å². The number of amides is 2. The van der Waals surface area contributed by atoms with Crippen LogP contribution < -0.4 is 5.32 Å². The summed E-state index contributed by atoms with van der Waals surface area (Å²) in [5, 5.41) is 1.85. The van der Waals surface area contributed by atoms with E-state index in [2.05, 4.69) is 4.18 Å².